The zero-order valence-corrected chi connectivity index (χ0v) is 14.8. The van der Waals surface area contributed by atoms with Gasteiger partial charge in [-0.15, -0.1) is 11.3 Å². The van der Waals surface area contributed by atoms with Crippen LogP contribution in [-0.2, 0) is 22.6 Å². The van der Waals surface area contributed by atoms with Gasteiger partial charge in [0.25, 0.3) is 0 Å². The van der Waals surface area contributed by atoms with Crippen LogP contribution in [0.3, 0.4) is 0 Å². The van der Waals surface area contributed by atoms with Gasteiger partial charge in [0.15, 0.2) is 0 Å². The van der Waals surface area contributed by atoms with Crippen molar-refractivity contribution in [2.24, 2.45) is 0 Å². The molecule has 128 valence electrons. The number of ether oxygens (including phenoxy) is 2. The number of nitrogens with zero attached hydrogens (tertiary/aromatic N) is 3. The van der Waals surface area contributed by atoms with Crippen LogP contribution in [0.4, 0.5) is 0 Å². The Morgan fingerprint density at radius 2 is 2.33 bits per heavy atom. The smallest absolute Gasteiger partial charge is 0.107 e. The molecular weight excluding hydrogens is 322 g/mol. The molecule has 0 amide bonds. The molecule has 0 aromatic carbocycles. The fourth-order valence-electron chi connectivity index (χ4n) is 3.60. The molecule has 0 N–H and O–H groups in total. The van der Waals surface area contributed by atoms with Crippen LogP contribution in [0.15, 0.2) is 30.0 Å². The van der Waals surface area contributed by atoms with Crippen LogP contribution >= 0.6 is 11.3 Å². The Bertz CT molecular complexity index is 671. The molecule has 2 aliphatic rings. The quantitative estimate of drug-likeness (QED) is 0.834. The van der Waals surface area contributed by atoms with E-state index < -0.39 is 0 Å². The van der Waals surface area contributed by atoms with Gasteiger partial charge < -0.3 is 9.47 Å². The second-order valence-corrected chi connectivity index (χ2v) is 7.81. The fourth-order valence-corrected chi connectivity index (χ4v) is 4.26. The molecule has 2 fully saturated rings. The predicted molar refractivity (Wildman–Crippen MR) is 92.9 cm³/mol. The Labute approximate surface area is 146 Å². The Morgan fingerprint density at radius 1 is 1.42 bits per heavy atom. The summed E-state index contributed by atoms with van der Waals surface area (Å²) in [4.78, 5) is 11.0. The van der Waals surface area contributed by atoms with Gasteiger partial charge in [-0.25, -0.2) is 4.98 Å². The van der Waals surface area contributed by atoms with Crippen molar-refractivity contribution in [3.05, 3.63) is 46.2 Å². The Balaban J connectivity index is 1.28. The van der Waals surface area contributed by atoms with Gasteiger partial charge in [0, 0.05) is 50.1 Å². The highest BCUT2D eigenvalue weighted by Crippen LogP contribution is 2.36. The van der Waals surface area contributed by atoms with Gasteiger partial charge in [-0.2, -0.15) is 0 Å². The fraction of sp³-hybridized carbons (Fsp3) is 0.556. The van der Waals surface area contributed by atoms with Crippen molar-refractivity contribution in [3.8, 4) is 0 Å². The van der Waals surface area contributed by atoms with Crippen LogP contribution in [-0.4, -0.2) is 46.3 Å². The van der Waals surface area contributed by atoms with Crippen LogP contribution in [0.2, 0.25) is 0 Å². The number of aryl methyl sites for hydroxylation is 1. The first kappa shape index (κ1) is 16.1. The molecule has 4 heterocycles. The first-order valence-corrected chi connectivity index (χ1v) is 9.36. The highest BCUT2D eigenvalue weighted by Gasteiger charge is 2.47. The van der Waals surface area contributed by atoms with E-state index in [-0.39, 0.29) is 11.7 Å². The van der Waals surface area contributed by atoms with E-state index in [9.17, 15) is 0 Å². The number of thiazole rings is 1. The summed E-state index contributed by atoms with van der Waals surface area (Å²) in [5.74, 6) is 0. The number of aromatic nitrogens is 2. The maximum atomic E-state index is 6.17. The maximum Gasteiger partial charge on any atom is 0.107 e. The van der Waals surface area contributed by atoms with Crippen molar-refractivity contribution in [2.75, 3.05) is 19.7 Å². The molecule has 0 unspecified atom stereocenters. The number of hydrogen-bond acceptors (Lipinski definition) is 6. The lowest BCUT2D eigenvalue weighted by Crippen LogP contribution is -2.65. The maximum absolute atomic E-state index is 6.17. The second kappa shape index (κ2) is 6.88. The minimum absolute atomic E-state index is 0.00976. The molecule has 0 bridgehead atoms. The van der Waals surface area contributed by atoms with Gasteiger partial charge in [-0.3, -0.25) is 9.88 Å². The second-order valence-electron chi connectivity index (χ2n) is 6.83. The summed E-state index contributed by atoms with van der Waals surface area (Å²) in [6.07, 6.45) is 7.85. The highest BCUT2D eigenvalue weighted by molar-refractivity contribution is 7.09. The summed E-state index contributed by atoms with van der Waals surface area (Å²) in [5.41, 5.74) is 2.41. The summed E-state index contributed by atoms with van der Waals surface area (Å²) in [5, 5.41) is 3.22. The minimum Gasteiger partial charge on any atom is -0.373 e. The predicted octanol–water partition coefficient (Wildman–Crippen LogP) is 2.80. The monoisotopic (exact) mass is 345 g/mol. The van der Waals surface area contributed by atoms with E-state index in [1.54, 1.807) is 11.3 Å². The molecule has 2 aromatic rings. The third-order valence-electron chi connectivity index (χ3n) is 4.94. The van der Waals surface area contributed by atoms with Gasteiger partial charge >= 0.3 is 0 Å². The van der Waals surface area contributed by atoms with E-state index in [0.29, 0.717) is 6.61 Å². The zero-order chi connectivity index (χ0) is 16.4. The first-order chi connectivity index (χ1) is 11.7. The highest BCUT2D eigenvalue weighted by atomic mass is 32.1. The Hall–Kier alpha value is -1.34. The van der Waals surface area contributed by atoms with Crippen molar-refractivity contribution in [1.29, 1.82) is 0 Å². The van der Waals surface area contributed by atoms with E-state index >= 15 is 0 Å². The van der Waals surface area contributed by atoms with Gasteiger partial charge in [0.2, 0.25) is 0 Å². The average Bonchev–Trinajstić information content (AvgIpc) is 3.06. The lowest BCUT2D eigenvalue weighted by molar-refractivity contribution is -0.200. The summed E-state index contributed by atoms with van der Waals surface area (Å²) in [7, 11) is 0. The summed E-state index contributed by atoms with van der Waals surface area (Å²) in [6.45, 7) is 6.44. The van der Waals surface area contributed by atoms with E-state index in [0.717, 1.165) is 39.1 Å². The van der Waals surface area contributed by atoms with Crippen LogP contribution in [0.5, 0.6) is 0 Å². The van der Waals surface area contributed by atoms with Gasteiger partial charge in [0.05, 0.1) is 24.9 Å². The summed E-state index contributed by atoms with van der Waals surface area (Å²) >= 11 is 1.72. The van der Waals surface area contributed by atoms with Crippen LogP contribution in [0.1, 0.15) is 29.0 Å². The normalized spacial score (nSPS) is 23.3. The molecule has 2 aliphatic heterocycles. The van der Waals surface area contributed by atoms with Gasteiger partial charge in [-0.1, -0.05) is 0 Å². The lowest BCUT2D eigenvalue weighted by atomic mass is 9.84. The lowest BCUT2D eigenvalue weighted by Gasteiger charge is -2.53. The molecular formula is C18H23N3O2S. The topological polar surface area (TPSA) is 47.5 Å². The third kappa shape index (κ3) is 3.52. The van der Waals surface area contributed by atoms with E-state index in [1.807, 2.05) is 30.0 Å². The van der Waals surface area contributed by atoms with Crippen molar-refractivity contribution in [2.45, 2.75) is 44.6 Å². The number of rotatable bonds is 5. The number of pyridine rings is 1. The Morgan fingerprint density at radius 3 is 3.12 bits per heavy atom. The average molecular weight is 345 g/mol. The zero-order valence-electron chi connectivity index (χ0n) is 14.0. The first-order valence-electron chi connectivity index (χ1n) is 8.48. The van der Waals surface area contributed by atoms with Crippen molar-refractivity contribution < 1.29 is 9.47 Å². The third-order valence-corrected chi connectivity index (χ3v) is 5.70. The van der Waals surface area contributed by atoms with Crippen molar-refractivity contribution >= 4 is 11.3 Å². The van der Waals surface area contributed by atoms with Crippen LogP contribution < -0.4 is 0 Å². The van der Waals surface area contributed by atoms with E-state index in [1.165, 1.54) is 16.1 Å². The molecule has 2 saturated heterocycles. The molecule has 1 atom stereocenters. The van der Waals surface area contributed by atoms with Crippen LogP contribution in [0, 0.1) is 6.92 Å². The van der Waals surface area contributed by atoms with Crippen molar-refractivity contribution in [3.63, 3.8) is 0 Å². The molecule has 5 nitrogen and oxygen atoms in total. The van der Waals surface area contributed by atoms with Gasteiger partial charge in [0.1, 0.15) is 5.01 Å². The molecule has 0 aliphatic carbocycles. The summed E-state index contributed by atoms with van der Waals surface area (Å²) in [6, 6.07) is 2.03. The molecule has 0 saturated carbocycles. The SMILES string of the molecule is Cc1ccncc1CO[C@H]1CCOC2(C1)CN(Cc1nccs1)C2. The molecule has 0 radical (unpaired) electrons. The molecule has 1 spiro atoms. The van der Waals surface area contributed by atoms with Crippen molar-refractivity contribution in [1.82, 2.24) is 14.9 Å². The largest absolute Gasteiger partial charge is 0.373 e. The standard InChI is InChI=1S/C18H23N3O2S/c1-14-2-4-19-9-15(14)11-22-16-3-6-23-18(8-16)12-21(13-18)10-17-20-5-7-24-17/h2,4-5,7,9,16H,3,6,8,10-13H2,1H3/t16-/m0/s1. The number of likely N-dealkylation sites (tertiary alicyclic amines) is 1. The molecule has 2 aromatic heterocycles. The van der Waals surface area contributed by atoms with Crippen LogP contribution in [0.25, 0.3) is 0 Å². The summed E-state index contributed by atoms with van der Waals surface area (Å²) < 4.78 is 12.3. The van der Waals surface area contributed by atoms with Gasteiger partial charge in [-0.05, 0) is 30.5 Å². The van der Waals surface area contributed by atoms with E-state index in [4.69, 9.17) is 9.47 Å². The molecule has 24 heavy (non-hydrogen) atoms. The minimum atomic E-state index is -0.00976. The Kier molecular flexibility index (Phi) is 4.63. The molecule has 4 rings (SSSR count). The number of hydrogen-bond donors (Lipinski definition) is 0. The van der Waals surface area contributed by atoms with E-state index in [2.05, 4.69) is 21.8 Å². The molecule has 6 heteroatoms.